The van der Waals surface area contributed by atoms with Gasteiger partial charge in [-0.2, -0.15) is 5.10 Å². The molecular weight excluding hydrogens is 549 g/mol. The maximum Gasteiger partial charge on any atom is 0.254 e. The Hall–Kier alpha value is -3.60. The van der Waals surface area contributed by atoms with Crippen molar-refractivity contribution in [1.82, 2.24) is 24.6 Å². The number of halogens is 1. The molecular formula is C32H42FN5O3Si. The molecule has 0 saturated carbocycles. The fourth-order valence-corrected chi connectivity index (χ4v) is 5.64. The molecule has 10 heteroatoms. The first-order chi connectivity index (χ1) is 20.0. The first-order valence-electron chi connectivity index (χ1n) is 14.3. The number of amides is 1. The molecule has 2 aromatic carbocycles. The molecule has 0 N–H and O–H groups in total. The van der Waals surface area contributed by atoms with Crippen LogP contribution < -0.4 is 4.74 Å². The van der Waals surface area contributed by atoms with Gasteiger partial charge in [0.2, 0.25) is 0 Å². The van der Waals surface area contributed by atoms with Crippen LogP contribution in [0.4, 0.5) is 4.39 Å². The molecule has 1 unspecified atom stereocenters. The third-order valence-corrected chi connectivity index (χ3v) is 8.83. The first kappa shape index (κ1) is 31.3. The van der Waals surface area contributed by atoms with Crippen molar-refractivity contribution in [3.05, 3.63) is 78.0 Å². The molecule has 2 heterocycles. The van der Waals surface area contributed by atoms with Gasteiger partial charge in [-0.3, -0.25) is 9.78 Å². The molecule has 1 amide bonds. The second-order valence-corrected chi connectivity index (χ2v) is 17.6. The third-order valence-electron chi connectivity index (χ3n) is 7.13. The minimum absolute atomic E-state index is 0.164. The fraction of sp³-hybridized carbons (Fsp3) is 0.406. The van der Waals surface area contributed by atoms with Crippen LogP contribution in [-0.2, 0) is 11.5 Å². The van der Waals surface area contributed by atoms with Gasteiger partial charge in [0.15, 0.2) is 0 Å². The summed E-state index contributed by atoms with van der Waals surface area (Å²) < 4.78 is 27.8. The molecule has 0 aliphatic rings. The van der Waals surface area contributed by atoms with Gasteiger partial charge in [0, 0.05) is 62.7 Å². The fourth-order valence-electron chi connectivity index (χ4n) is 4.89. The predicted octanol–water partition coefficient (Wildman–Crippen LogP) is 6.32. The van der Waals surface area contributed by atoms with Crippen LogP contribution >= 0.6 is 0 Å². The van der Waals surface area contributed by atoms with E-state index in [1.807, 2.05) is 44.0 Å². The van der Waals surface area contributed by atoms with E-state index in [1.165, 1.54) is 12.1 Å². The van der Waals surface area contributed by atoms with E-state index in [2.05, 4.69) is 34.6 Å². The van der Waals surface area contributed by atoms with Crippen LogP contribution in [-0.4, -0.2) is 79.4 Å². The normalized spacial score (nSPS) is 12.6. The molecule has 0 saturated heterocycles. The second kappa shape index (κ2) is 13.6. The number of rotatable bonds is 13. The van der Waals surface area contributed by atoms with Crippen LogP contribution in [0.15, 0.2) is 61.1 Å². The highest BCUT2D eigenvalue weighted by atomic mass is 28.3. The topological polar surface area (TPSA) is 72.7 Å². The van der Waals surface area contributed by atoms with E-state index in [-0.39, 0.29) is 17.8 Å². The summed E-state index contributed by atoms with van der Waals surface area (Å²) in [7, 11) is 4.56. The van der Waals surface area contributed by atoms with Crippen molar-refractivity contribution in [3.8, 4) is 16.9 Å². The van der Waals surface area contributed by atoms with Crippen molar-refractivity contribution in [2.45, 2.75) is 45.4 Å². The minimum atomic E-state index is -1.21. The van der Waals surface area contributed by atoms with Gasteiger partial charge in [0.1, 0.15) is 18.3 Å². The Morgan fingerprint density at radius 1 is 1.07 bits per heavy atom. The molecule has 4 aromatic rings. The summed E-state index contributed by atoms with van der Waals surface area (Å²) in [5, 5.41) is 5.49. The number of carbonyl (C=O) groups is 1. The van der Waals surface area contributed by atoms with Crippen LogP contribution in [0.25, 0.3) is 22.0 Å². The Bertz CT molecular complexity index is 1520. The highest BCUT2D eigenvalue weighted by Gasteiger charge is 2.28. The average molecular weight is 592 g/mol. The van der Waals surface area contributed by atoms with E-state index < -0.39 is 8.07 Å². The summed E-state index contributed by atoms with van der Waals surface area (Å²) in [6.07, 6.45) is 5.40. The van der Waals surface area contributed by atoms with E-state index in [9.17, 15) is 9.18 Å². The zero-order valence-corrected chi connectivity index (χ0v) is 26.7. The van der Waals surface area contributed by atoms with Crippen molar-refractivity contribution in [3.63, 3.8) is 0 Å². The molecule has 0 radical (unpaired) electrons. The standard InChI is InChI=1S/C32H42FN5O3Si/c1-8-41-30-17-24(12-13-27(30)23-10-9-11-26(33)16-23)32(39)37(4)29(21-36(2)3)28-20-34-18-25-19-35-38(31(25)28)22-40-14-15-42(5,6)7/h9-13,16-20,29H,8,14-15,21-22H2,1-7H3. The minimum Gasteiger partial charge on any atom is -0.493 e. The predicted molar refractivity (Wildman–Crippen MR) is 168 cm³/mol. The molecule has 0 aliphatic heterocycles. The Labute approximate surface area is 249 Å². The molecule has 42 heavy (non-hydrogen) atoms. The molecule has 0 bridgehead atoms. The highest BCUT2D eigenvalue weighted by Crippen LogP contribution is 2.34. The van der Waals surface area contributed by atoms with Gasteiger partial charge in [0.05, 0.1) is 24.4 Å². The number of nitrogens with zero attached hydrogens (tertiary/aromatic N) is 5. The zero-order valence-electron chi connectivity index (χ0n) is 25.7. The molecule has 1 atom stereocenters. The number of pyridine rings is 1. The Kier molecular flexibility index (Phi) is 10.1. The van der Waals surface area contributed by atoms with Gasteiger partial charge < -0.3 is 19.3 Å². The van der Waals surface area contributed by atoms with Crippen LogP contribution in [0.2, 0.25) is 25.7 Å². The largest absolute Gasteiger partial charge is 0.493 e. The van der Waals surface area contributed by atoms with Gasteiger partial charge in [-0.15, -0.1) is 0 Å². The molecule has 8 nitrogen and oxygen atoms in total. The van der Waals surface area contributed by atoms with Crippen LogP contribution in [0, 0.1) is 5.82 Å². The molecule has 2 aromatic heterocycles. The van der Waals surface area contributed by atoms with Crippen LogP contribution in [0.3, 0.4) is 0 Å². The van der Waals surface area contributed by atoms with Crippen molar-refractivity contribution >= 4 is 24.9 Å². The number of hydrogen-bond acceptors (Lipinski definition) is 6. The van der Waals surface area contributed by atoms with Gasteiger partial charge >= 0.3 is 0 Å². The summed E-state index contributed by atoms with van der Waals surface area (Å²) >= 11 is 0. The number of fused-ring (bicyclic) bond motifs is 1. The molecule has 4 rings (SSSR count). The van der Waals surface area contributed by atoms with Gasteiger partial charge in [-0.25, -0.2) is 9.07 Å². The van der Waals surface area contributed by atoms with Crippen molar-refractivity contribution in [2.24, 2.45) is 0 Å². The first-order valence-corrected chi connectivity index (χ1v) is 18.0. The number of carbonyl (C=O) groups excluding carboxylic acids is 1. The molecule has 224 valence electrons. The van der Waals surface area contributed by atoms with Crippen LogP contribution in [0.5, 0.6) is 5.75 Å². The summed E-state index contributed by atoms with van der Waals surface area (Å²) in [6.45, 7) is 10.9. The number of ether oxygens (including phenoxy) is 2. The monoisotopic (exact) mass is 591 g/mol. The Balaban J connectivity index is 1.67. The maximum absolute atomic E-state index is 14.0. The Morgan fingerprint density at radius 2 is 1.86 bits per heavy atom. The van der Waals surface area contributed by atoms with Crippen molar-refractivity contribution < 1.29 is 18.7 Å². The lowest BCUT2D eigenvalue weighted by molar-refractivity contribution is 0.0702. The van der Waals surface area contributed by atoms with Gasteiger partial charge in [-0.05, 0) is 63.0 Å². The SMILES string of the molecule is CCOc1cc(C(=O)N(C)C(CN(C)C)c2cncc3cnn(COCC[Si](C)(C)C)c23)ccc1-c1cccc(F)c1. The lowest BCUT2D eigenvalue weighted by Crippen LogP contribution is -2.37. The van der Waals surface area contributed by atoms with Gasteiger partial charge in [-0.1, -0.05) is 31.8 Å². The highest BCUT2D eigenvalue weighted by molar-refractivity contribution is 6.76. The summed E-state index contributed by atoms with van der Waals surface area (Å²) in [4.78, 5) is 22.3. The smallest absolute Gasteiger partial charge is 0.254 e. The molecule has 0 fully saturated rings. The molecule has 0 aliphatic carbocycles. The zero-order chi connectivity index (χ0) is 30.4. The maximum atomic E-state index is 14.0. The van der Waals surface area contributed by atoms with E-state index in [0.717, 1.165) is 28.1 Å². The lowest BCUT2D eigenvalue weighted by Gasteiger charge is -2.31. The number of benzene rings is 2. The van der Waals surface area contributed by atoms with E-state index in [0.29, 0.717) is 43.4 Å². The van der Waals surface area contributed by atoms with E-state index in [1.54, 1.807) is 42.5 Å². The van der Waals surface area contributed by atoms with Gasteiger partial charge in [0.25, 0.3) is 5.91 Å². The quantitative estimate of drug-likeness (QED) is 0.134. The third kappa shape index (κ3) is 7.61. The summed E-state index contributed by atoms with van der Waals surface area (Å²) in [5.74, 6) is 0.0386. The Morgan fingerprint density at radius 3 is 2.55 bits per heavy atom. The summed E-state index contributed by atoms with van der Waals surface area (Å²) in [5.41, 5.74) is 3.70. The van der Waals surface area contributed by atoms with Crippen molar-refractivity contribution in [1.29, 1.82) is 0 Å². The summed E-state index contributed by atoms with van der Waals surface area (Å²) in [6, 6.07) is 12.4. The average Bonchev–Trinajstić information content (AvgIpc) is 3.36. The molecule has 0 spiro atoms. The van der Waals surface area contributed by atoms with E-state index in [4.69, 9.17) is 9.47 Å². The second-order valence-electron chi connectivity index (χ2n) is 12.0. The number of likely N-dealkylation sites (N-methyl/N-ethyl adjacent to an activating group) is 2. The lowest BCUT2D eigenvalue weighted by atomic mass is 10.0. The van der Waals surface area contributed by atoms with Crippen molar-refractivity contribution in [2.75, 3.05) is 40.9 Å². The number of hydrogen-bond donors (Lipinski definition) is 0. The van der Waals surface area contributed by atoms with E-state index >= 15 is 0 Å². The van der Waals surface area contributed by atoms with Crippen LogP contribution in [0.1, 0.15) is 28.9 Å². The number of aromatic nitrogens is 3.